The van der Waals surface area contributed by atoms with Gasteiger partial charge in [0, 0.05) is 28.7 Å². The second-order valence-corrected chi connectivity index (χ2v) is 8.15. The second kappa shape index (κ2) is 8.48. The molecule has 134 valence electrons. The third-order valence-corrected chi connectivity index (χ3v) is 5.96. The number of halogens is 1. The van der Waals surface area contributed by atoms with Gasteiger partial charge in [-0.15, -0.1) is 11.8 Å². The zero-order valence-electron chi connectivity index (χ0n) is 14.4. The van der Waals surface area contributed by atoms with E-state index in [2.05, 4.69) is 63.3 Å². The van der Waals surface area contributed by atoms with E-state index < -0.39 is 0 Å². The van der Waals surface area contributed by atoms with Crippen LogP contribution in [0.3, 0.4) is 0 Å². The first-order valence-corrected chi connectivity index (χ1v) is 10.5. The molecule has 0 radical (unpaired) electrons. The van der Waals surface area contributed by atoms with Crippen molar-refractivity contribution in [3.05, 3.63) is 64.4 Å². The Morgan fingerprint density at radius 3 is 2.58 bits per heavy atom. The molecule has 0 N–H and O–H groups in total. The molecule has 0 amide bonds. The molecule has 2 aromatic carbocycles. The molecule has 6 heteroatoms. The maximum Gasteiger partial charge on any atom is 0.144 e. The predicted molar refractivity (Wildman–Crippen MR) is 109 cm³/mol. The lowest BCUT2D eigenvalue weighted by molar-refractivity contribution is 0.0330. The fourth-order valence-corrected chi connectivity index (χ4v) is 4.22. The van der Waals surface area contributed by atoms with Crippen molar-refractivity contribution < 1.29 is 4.74 Å². The average Bonchev–Trinajstić information content (AvgIpc) is 2.68. The molecule has 4 nitrogen and oxygen atoms in total. The van der Waals surface area contributed by atoms with Crippen LogP contribution < -0.4 is 0 Å². The standard InChI is InChI=1S/C20H20BrN3OS/c21-16-7-5-15(6-8-16)14-26-20-17-3-1-2-4-18(17)22-19(23-20)13-24-9-11-25-12-10-24/h1-8H,9-14H2. The van der Waals surface area contributed by atoms with Crippen LogP contribution in [0, 0.1) is 0 Å². The van der Waals surface area contributed by atoms with Gasteiger partial charge in [-0.2, -0.15) is 0 Å². The summed E-state index contributed by atoms with van der Waals surface area (Å²) in [5, 5.41) is 2.18. The van der Waals surface area contributed by atoms with Crippen LogP contribution in [0.25, 0.3) is 10.9 Å². The third kappa shape index (κ3) is 4.43. The molecular formula is C20H20BrN3OS. The topological polar surface area (TPSA) is 38.2 Å². The van der Waals surface area contributed by atoms with E-state index in [-0.39, 0.29) is 0 Å². The summed E-state index contributed by atoms with van der Waals surface area (Å²) in [5.41, 5.74) is 2.31. The highest BCUT2D eigenvalue weighted by Crippen LogP contribution is 2.28. The Morgan fingerprint density at radius 1 is 1.00 bits per heavy atom. The highest BCUT2D eigenvalue weighted by molar-refractivity contribution is 9.10. The van der Waals surface area contributed by atoms with Crippen LogP contribution >= 0.6 is 27.7 Å². The van der Waals surface area contributed by atoms with Gasteiger partial charge in [-0.1, -0.05) is 46.3 Å². The Bertz CT molecular complexity index is 882. The van der Waals surface area contributed by atoms with E-state index in [4.69, 9.17) is 14.7 Å². The minimum atomic E-state index is 0.778. The van der Waals surface area contributed by atoms with Gasteiger partial charge in [0.25, 0.3) is 0 Å². The molecule has 0 aliphatic carbocycles. The largest absolute Gasteiger partial charge is 0.379 e. The van der Waals surface area contributed by atoms with Crippen molar-refractivity contribution in [1.29, 1.82) is 0 Å². The van der Waals surface area contributed by atoms with Crippen molar-refractivity contribution in [3.8, 4) is 0 Å². The maximum atomic E-state index is 5.44. The molecule has 4 rings (SSSR count). The summed E-state index contributed by atoms with van der Waals surface area (Å²) >= 11 is 5.27. The predicted octanol–water partition coefficient (Wildman–Crippen LogP) is 4.52. The summed E-state index contributed by atoms with van der Waals surface area (Å²) in [7, 11) is 0. The Hall–Kier alpha value is -1.47. The number of aromatic nitrogens is 2. The van der Waals surface area contributed by atoms with E-state index in [1.165, 1.54) is 5.56 Å². The number of hydrogen-bond donors (Lipinski definition) is 0. The Kier molecular flexibility index (Phi) is 5.84. The van der Waals surface area contributed by atoms with Crippen LogP contribution in [0.1, 0.15) is 11.4 Å². The van der Waals surface area contributed by atoms with E-state index in [1.54, 1.807) is 11.8 Å². The molecule has 3 aromatic rings. The summed E-state index contributed by atoms with van der Waals surface area (Å²) < 4.78 is 6.54. The highest BCUT2D eigenvalue weighted by Gasteiger charge is 2.14. The molecular weight excluding hydrogens is 410 g/mol. The number of thioether (sulfide) groups is 1. The summed E-state index contributed by atoms with van der Waals surface area (Å²) in [6.45, 7) is 4.24. The minimum absolute atomic E-state index is 0.778. The van der Waals surface area contributed by atoms with Gasteiger partial charge in [0.15, 0.2) is 0 Å². The molecule has 2 heterocycles. The van der Waals surface area contributed by atoms with E-state index >= 15 is 0 Å². The van der Waals surface area contributed by atoms with Gasteiger partial charge in [-0.05, 0) is 23.8 Å². The number of ether oxygens (including phenoxy) is 1. The molecule has 0 atom stereocenters. The molecule has 0 bridgehead atoms. The van der Waals surface area contributed by atoms with Gasteiger partial charge in [0.1, 0.15) is 10.9 Å². The first-order chi connectivity index (χ1) is 12.8. The lowest BCUT2D eigenvalue weighted by atomic mass is 10.2. The maximum absolute atomic E-state index is 5.44. The van der Waals surface area contributed by atoms with Gasteiger partial charge in [-0.3, -0.25) is 4.90 Å². The smallest absolute Gasteiger partial charge is 0.144 e. The van der Waals surface area contributed by atoms with Crippen molar-refractivity contribution in [2.45, 2.75) is 17.3 Å². The summed E-state index contributed by atoms with van der Waals surface area (Å²) in [5.74, 6) is 1.79. The van der Waals surface area contributed by atoms with Crippen LogP contribution in [0.4, 0.5) is 0 Å². The van der Waals surface area contributed by atoms with Crippen molar-refractivity contribution in [3.63, 3.8) is 0 Å². The number of fused-ring (bicyclic) bond motifs is 1. The Morgan fingerprint density at radius 2 is 1.77 bits per heavy atom. The molecule has 0 unspecified atom stereocenters. The normalized spacial score (nSPS) is 15.4. The zero-order valence-corrected chi connectivity index (χ0v) is 16.8. The lowest BCUT2D eigenvalue weighted by Crippen LogP contribution is -2.36. The van der Waals surface area contributed by atoms with E-state index in [9.17, 15) is 0 Å². The fraction of sp³-hybridized carbons (Fsp3) is 0.300. The number of hydrogen-bond acceptors (Lipinski definition) is 5. The molecule has 0 spiro atoms. The molecule has 1 aromatic heterocycles. The van der Waals surface area contributed by atoms with Crippen LogP contribution in [-0.4, -0.2) is 41.2 Å². The Balaban J connectivity index is 1.57. The van der Waals surface area contributed by atoms with Gasteiger partial charge >= 0.3 is 0 Å². The third-order valence-electron chi connectivity index (χ3n) is 4.37. The first kappa shape index (κ1) is 17.9. The highest BCUT2D eigenvalue weighted by atomic mass is 79.9. The van der Waals surface area contributed by atoms with Crippen LogP contribution in [0.5, 0.6) is 0 Å². The molecule has 26 heavy (non-hydrogen) atoms. The van der Waals surface area contributed by atoms with Crippen molar-refractivity contribution in [2.75, 3.05) is 26.3 Å². The minimum Gasteiger partial charge on any atom is -0.379 e. The molecule has 1 aliphatic heterocycles. The van der Waals surface area contributed by atoms with Gasteiger partial charge in [0.2, 0.25) is 0 Å². The van der Waals surface area contributed by atoms with Gasteiger partial charge < -0.3 is 4.74 Å². The number of morpholine rings is 1. The first-order valence-electron chi connectivity index (χ1n) is 8.71. The SMILES string of the molecule is Brc1ccc(CSc2nc(CN3CCOCC3)nc3ccccc23)cc1. The van der Waals surface area contributed by atoms with Crippen LogP contribution in [0.15, 0.2) is 58.0 Å². The van der Waals surface area contributed by atoms with Crippen molar-refractivity contribution in [1.82, 2.24) is 14.9 Å². The van der Waals surface area contributed by atoms with Crippen molar-refractivity contribution in [2.24, 2.45) is 0 Å². The number of benzene rings is 2. The van der Waals surface area contributed by atoms with E-state index in [0.29, 0.717) is 0 Å². The average molecular weight is 430 g/mol. The zero-order chi connectivity index (χ0) is 17.8. The summed E-state index contributed by atoms with van der Waals surface area (Å²) in [6, 6.07) is 16.7. The number of para-hydroxylation sites is 1. The second-order valence-electron chi connectivity index (χ2n) is 6.27. The lowest BCUT2D eigenvalue weighted by Gasteiger charge is -2.25. The molecule has 1 aliphatic rings. The Labute approximate surface area is 166 Å². The van der Waals surface area contributed by atoms with E-state index in [1.807, 2.05) is 6.07 Å². The van der Waals surface area contributed by atoms with E-state index in [0.717, 1.165) is 64.8 Å². The number of nitrogens with zero attached hydrogens (tertiary/aromatic N) is 3. The van der Waals surface area contributed by atoms with Gasteiger partial charge in [0.05, 0.1) is 25.3 Å². The number of rotatable bonds is 5. The summed E-state index contributed by atoms with van der Waals surface area (Å²) in [4.78, 5) is 12.0. The monoisotopic (exact) mass is 429 g/mol. The van der Waals surface area contributed by atoms with Crippen LogP contribution in [0.2, 0.25) is 0 Å². The van der Waals surface area contributed by atoms with Crippen LogP contribution in [-0.2, 0) is 17.0 Å². The molecule has 0 saturated carbocycles. The molecule has 1 fully saturated rings. The quantitative estimate of drug-likeness (QED) is 0.440. The summed E-state index contributed by atoms with van der Waals surface area (Å²) in [6.07, 6.45) is 0. The van der Waals surface area contributed by atoms with Gasteiger partial charge in [-0.25, -0.2) is 9.97 Å². The fourth-order valence-electron chi connectivity index (χ4n) is 2.97. The molecule has 1 saturated heterocycles. The van der Waals surface area contributed by atoms with Crippen molar-refractivity contribution >= 4 is 38.6 Å².